The molecule has 0 bridgehead atoms. The highest BCUT2D eigenvalue weighted by Crippen LogP contribution is 2.38. The van der Waals surface area contributed by atoms with Gasteiger partial charge in [0.1, 0.15) is 4.90 Å². The van der Waals surface area contributed by atoms with Crippen LogP contribution in [-0.2, 0) is 23.0 Å². The number of rotatable bonds is 4. The van der Waals surface area contributed by atoms with Gasteiger partial charge in [0.25, 0.3) is 0 Å². The highest BCUT2D eigenvalue weighted by molar-refractivity contribution is 7.99. The van der Waals surface area contributed by atoms with E-state index in [2.05, 4.69) is 15.3 Å². The number of hydrogen-bond acceptors (Lipinski definition) is 7. The molecule has 0 unspecified atom stereocenters. The molecular weight excluding hydrogens is 492 g/mol. The molecule has 0 radical (unpaired) electrons. The van der Waals surface area contributed by atoms with Gasteiger partial charge in [-0.2, -0.15) is 4.31 Å². The summed E-state index contributed by atoms with van der Waals surface area (Å²) in [4.78, 5) is 6.25. The molecule has 2 aromatic heterocycles. The summed E-state index contributed by atoms with van der Waals surface area (Å²) in [6.07, 6.45) is 2.37. The molecule has 0 amide bonds. The van der Waals surface area contributed by atoms with Gasteiger partial charge in [0, 0.05) is 39.5 Å². The van der Waals surface area contributed by atoms with Crippen molar-refractivity contribution in [3.05, 3.63) is 83.0 Å². The van der Waals surface area contributed by atoms with Crippen molar-refractivity contribution in [3.63, 3.8) is 0 Å². The first-order chi connectivity index (χ1) is 16.5. The van der Waals surface area contributed by atoms with Crippen LogP contribution in [-0.4, -0.2) is 34.6 Å². The second kappa shape index (κ2) is 8.35. The van der Waals surface area contributed by atoms with Crippen LogP contribution >= 0.6 is 23.4 Å². The van der Waals surface area contributed by atoms with E-state index in [1.54, 1.807) is 18.3 Å². The van der Waals surface area contributed by atoms with Crippen LogP contribution in [0.1, 0.15) is 11.1 Å². The van der Waals surface area contributed by atoms with Crippen LogP contribution in [0.4, 0.5) is 0 Å². The predicted molar refractivity (Wildman–Crippen MR) is 130 cm³/mol. The van der Waals surface area contributed by atoms with Crippen LogP contribution in [0.5, 0.6) is 0 Å². The minimum atomic E-state index is -3.83. The standard InChI is InChI=1S/C24H17ClN4O3S2/c25-18-7-6-15-10-12-29(14-17(15)13-18)34(30,31)21-9-8-20(23-24(21)28-32-27-23)33-19-5-1-3-16-4-2-11-26-22(16)19/h1-9,11,13H,10,12,14H2. The Morgan fingerprint density at radius 2 is 1.74 bits per heavy atom. The van der Waals surface area contributed by atoms with Gasteiger partial charge < -0.3 is 0 Å². The van der Waals surface area contributed by atoms with Crippen molar-refractivity contribution in [1.82, 2.24) is 19.6 Å². The number of aromatic nitrogens is 3. The Labute approximate surface area is 204 Å². The summed E-state index contributed by atoms with van der Waals surface area (Å²) in [5.41, 5.74) is 3.50. The fourth-order valence-corrected chi connectivity index (χ4v) is 6.98. The normalized spacial score (nSPS) is 14.5. The number of hydrogen-bond donors (Lipinski definition) is 0. The van der Waals surface area contributed by atoms with E-state index in [9.17, 15) is 8.42 Å². The molecule has 6 rings (SSSR count). The van der Waals surface area contributed by atoms with Gasteiger partial charge in [-0.15, -0.1) is 0 Å². The van der Waals surface area contributed by atoms with E-state index in [4.69, 9.17) is 16.2 Å². The molecule has 3 heterocycles. The van der Waals surface area contributed by atoms with Gasteiger partial charge in [0.2, 0.25) is 10.0 Å². The molecule has 7 nitrogen and oxygen atoms in total. The molecular formula is C24H17ClN4O3S2. The molecule has 5 aromatic rings. The molecule has 170 valence electrons. The van der Waals surface area contributed by atoms with Crippen LogP contribution in [0.2, 0.25) is 5.02 Å². The molecule has 0 aliphatic carbocycles. The van der Waals surface area contributed by atoms with Crippen molar-refractivity contribution in [1.29, 1.82) is 0 Å². The summed E-state index contributed by atoms with van der Waals surface area (Å²) < 4.78 is 33.7. The van der Waals surface area contributed by atoms with Gasteiger partial charge >= 0.3 is 0 Å². The van der Waals surface area contributed by atoms with Crippen LogP contribution in [0, 0.1) is 0 Å². The number of halogens is 1. The maximum atomic E-state index is 13.6. The largest absolute Gasteiger partial charge is 0.255 e. The molecule has 0 spiro atoms. The van der Waals surface area contributed by atoms with E-state index in [-0.39, 0.29) is 17.0 Å². The molecule has 34 heavy (non-hydrogen) atoms. The van der Waals surface area contributed by atoms with Crippen molar-refractivity contribution >= 4 is 55.3 Å². The van der Waals surface area contributed by atoms with Crippen LogP contribution in [0.25, 0.3) is 21.9 Å². The Morgan fingerprint density at radius 3 is 2.65 bits per heavy atom. The predicted octanol–water partition coefficient (Wildman–Crippen LogP) is 5.32. The Kier molecular flexibility index (Phi) is 5.29. The maximum absolute atomic E-state index is 13.6. The third-order valence-corrected chi connectivity index (χ3v) is 9.13. The Balaban J connectivity index is 1.38. The second-order valence-corrected chi connectivity index (χ2v) is 11.4. The SMILES string of the molecule is O=S(=O)(c1ccc(Sc2cccc3cccnc23)c2nonc12)N1CCc2ccc(Cl)cc2C1. The highest BCUT2D eigenvalue weighted by Gasteiger charge is 2.32. The van der Waals surface area contributed by atoms with Gasteiger partial charge in [-0.3, -0.25) is 4.98 Å². The Hall–Kier alpha value is -2.98. The van der Waals surface area contributed by atoms with E-state index in [1.807, 2.05) is 48.5 Å². The first kappa shape index (κ1) is 21.5. The number of fused-ring (bicyclic) bond motifs is 3. The van der Waals surface area contributed by atoms with E-state index in [0.717, 1.165) is 31.8 Å². The zero-order chi connectivity index (χ0) is 23.3. The third-order valence-electron chi connectivity index (χ3n) is 5.92. The average molecular weight is 509 g/mol. The highest BCUT2D eigenvalue weighted by atomic mass is 35.5. The summed E-state index contributed by atoms with van der Waals surface area (Å²) in [6.45, 7) is 0.630. The van der Waals surface area contributed by atoms with Gasteiger partial charge in [-0.1, -0.05) is 47.6 Å². The van der Waals surface area contributed by atoms with Crippen molar-refractivity contribution in [2.24, 2.45) is 0 Å². The van der Waals surface area contributed by atoms with E-state index < -0.39 is 10.0 Å². The molecule has 0 N–H and O–H groups in total. The smallest absolute Gasteiger partial charge is 0.245 e. The van der Waals surface area contributed by atoms with Crippen LogP contribution < -0.4 is 0 Å². The third kappa shape index (κ3) is 3.65. The number of benzene rings is 3. The Bertz CT molecular complexity index is 1660. The average Bonchev–Trinajstić information content (AvgIpc) is 3.34. The lowest BCUT2D eigenvalue weighted by Crippen LogP contribution is -2.36. The van der Waals surface area contributed by atoms with Crippen molar-refractivity contribution in [3.8, 4) is 0 Å². The number of para-hydroxylation sites is 1. The second-order valence-electron chi connectivity index (χ2n) is 7.96. The van der Waals surface area contributed by atoms with Crippen molar-refractivity contribution in [2.75, 3.05) is 6.54 Å². The minimum absolute atomic E-state index is 0.0784. The number of sulfonamides is 1. The molecule has 1 aliphatic heterocycles. The van der Waals surface area contributed by atoms with Crippen LogP contribution in [0.3, 0.4) is 0 Å². The molecule has 0 saturated heterocycles. The van der Waals surface area contributed by atoms with Crippen molar-refractivity contribution < 1.29 is 13.0 Å². The van der Waals surface area contributed by atoms with Crippen molar-refractivity contribution in [2.45, 2.75) is 27.7 Å². The van der Waals surface area contributed by atoms with Gasteiger partial charge in [0.15, 0.2) is 11.0 Å². The minimum Gasteiger partial charge on any atom is -0.255 e. The lowest BCUT2D eigenvalue weighted by atomic mass is 10.0. The van der Waals surface area contributed by atoms with Gasteiger partial charge in [0.05, 0.1) is 5.52 Å². The molecule has 0 saturated carbocycles. The Morgan fingerprint density at radius 1 is 0.912 bits per heavy atom. The summed E-state index contributed by atoms with van der Waals surface area (Å²) in [5.74, 6) is 0. The summed E-state index contributed by atoms with van der Waals surface area (Å²) in [7, 11) is -3.83. The lowest BCUT2D eigenvalue weighted by Gasteiger charge is -2.28. The van der Waals surface area contributed by atoms with E-state index in [0.29, 0.717) is 23.5 Å². The van der Waals surface area contributed by atoms with E-state index in [1.165, 1.54) is 16.1 Å². The zero-order valence-electron chi connectivity index (χ0n) is 17.7. The topological polar surface area (TPSA) is 89.2 Å². The quantitative estimate of drug-likeness (QED) is 0.324. The number of nitrogens with zero attached hydrogens (tertiary/aromatic N) is 4. The van der Waals surface area contributed by atoms with Gasteiger partial charge in [-0.25, -0.2) is 13.0 Å². The number of pyridine rings is 1. The molecule has 1 aliphatic rings. The summed E-state index contributed by atoms with van der Waals surface area (Å²) in [6, 6.07) is 18.8. The van der Waals surface area contributed by atoms with Gasteiger partial charge in [-0.05, 0) is 64.3 Å². The fourth-order valence-electron chi connectivity index (χ4n) is 4.23. The molecule has 3 aromatic carbocycles. The lowest BCUT2D eigenvalue weighted by molar-refractivity contribution is 0.314. The molecule has 10 heteroatoms. The summed E-state index contributed by atoms with van der Waals surface area (Å²) in [5, 5.41) is 9.60. The van der Waals surface area contributed by atoms with Crippen LogP contribution in [0.15, 0.2) is 86.2 Å². The van der Waals surface area contributed by atoms with E-state index >= 15 is 0 Å². The first-order valence-corrected chi connectivity index (χ1v) is 13.2. The fraction of sp³-hybridized carbons (Fsp3) is 0.125. The first-order valence-electron chi connectivity index (χ1n) is 10.5. The zero-order valence-corrected chi connectivity index (χ0v) is 20.1. The molecule has 0 atom stereocenters. The maximum Gasteiger partial charge on any atom is 0.245 e. The monoisotopic (exact) mass is 508 g/mol. The summed E-state index contributed by atoms with van der Waals surface area (Å²) >= 11 is 7.58. The molecule has 0 fully saturated rings.